The number of furan rings is 2. The summed E-state index contributed by atoms with van der Waals surface area (Å²) in [5.74, 6) is 2.74. The molecule has 0 saturated heterocycles. The maximum Gasteiger partial charge on any atom is 0.169 e. The first kappa shape index (κ1) is 9.93. The summed E-state index contributed by atoms with van der Waals surface area (Å²) in [4.78, 5) is 1.16. The minimum Gasteiger partial charge on any atom is -0.468 e. The summed E-state index contributed by atoms with van der Waals surface area (Å²) in [5.41, 5.74) is 0. The zero-order valence-corrected chi connectivity index (χ0v) is 10.0. The molecule has 0 N–H and O–H groups in total. The van der Waals surface area contributed by atoms with Crippen LogP contribution in [0.15, 0.2) is 42.9 Å². The third-order valence-corrected chi connectivity index (χ3v) is 3.40. The van der Waals surface area contributed by atoms with Crippen molar-refractivity contribution in [1.29, 1.82) is 0 Å². The fraction of sp³-hybridized carbons (Fsp3) is 0.200. The molecule has 0 saturated carbocycles. The van der Waals surface area contributed by atoms with Gasteiger partial charge in [0.15, 0.2) is 4.67 Å². The number of thioether (sulfide) groups is 1. The predicted molar refractivity (Wildman–Crippen MR) is 59.4 cm³/mol. The smallest absolute Gasteiger partial charge is 0.169 e. The maximum atomic E-state index is 5.39. The molecule has 0 bridgehead atoms. The number of hydrogen-bond acceptors (Lipinski definition) is 3. The van der Waals surface area contributed by atoms with Gasteiger partial charge < -0.3 is 8.83 Å². The largest absolute Gasteiger partial charge is 0.468 e. The SMILES string of the molecule is Cc1occc1SCc1ccc(Br)o1. The van der Waals surface area contributed by atoms with E-state index in [4.69, 9.17) is 8.83 Å². The standard InChI is InChI=1S/C10H9BrO2S/c1-7-9(4-5-12-7)14-6-8-2-3-10(11)13-8/h2-5H,6H2,1H3. The van der Waals surface area contributed by atoms with E-state index in [1.807, 2.05) is 25.1 Å². The van der Waals surface area contributed by atoms with E-state index in [-0.39, 0.29) is 0 Å². The molecule has 0 aliphatic carbocycles. The van der Waals surface area contributed by atoms with Crippen molar-refractivity contribution >= 4 is 27.7 Å². The summed E-state index contributed by atoms with van der Waals surface area (Å²) < 4.78 is 11.4. The van der Waals surface area contributed by atoms with Gasteiger partial charge in [-0.15, -0.1) is 11.8 Å². The summed E-state index contributed by atoms with van der Waals surface area (Å²) in [7, 11) is 0. The first-order valence-corrected chi connectivity index (χ1v) is 5.94. The molecule has 2 rings (SSSR count). The van der Waals surface area contributed by atoms with E-state index in [1.165, 1.54) is 0 Å². The first-order valence-electron chi connectivity index (χ1n) is 4.17. The average Bonchev–Trinajstić information content (AvgIpc) is 2.72. The molecule has 2 heterocycles. The lowest BCUT2D eigenvalue weighted by Gasteiger charge is -1.95. The van der Waals surface area contributed by atoms with Gasteiger partial charge in [0.05, 0.1) is 12.0 Å². The highest BCUT2D eigenvalue weighted by atomic mass is 79.9. The Kier molecular flexibility index (Phi) is 3.03. The van der Waals surface area contributed by atoms with E-state index >= 15 is 0 Å². The van der Waals surface area contributed by atoms with E-state index < -0.39 is 0 Å². The molecule has 4 heteroatoms. The molecule has 0 unspecified atom stereocenters. The molecule has 0 atom stereocenters. The lowest BCUT2D eigenvalue weighted by Crippen LogP contribution is -1.75. The summed E-state index contributed by atoms with van der Waals surface area (Å²) in [6, 6.07) is 5.84. The highest BCUT2D eigenvalue weighted by molar-refractivity contribution is 9.10. The van der Waals surface area contributed by atoms with Gasteiger partial charge in [0, 0.05) is 4.90 Å². The van der Waals surface area contributed by atoms with Crippen molar-refractivity contribution in [2.24, 2.45) is 0 Å². The van der Waals surface area contributed by atoms with Crippen molar-refractivity contribution in [1.82, 2.24) is 0 Å². The predicted octanol–water partition coefficient (Wildman–Crippen LogP) is 4.24. The van der Waals surface area contributed by atoms with Crippen LogP contribution in [0.5, 0.6) is 0 Å². The number of rotatable bonds is 3. The molecule has 0 spiro atoms. The third-order valence-electron chi connectivity index (χ3n) is 1.81. The van der Waals surface area contributed by atoms with Gasteiger partial charge in [-0.2, -0.15) is 0 Å². The van der Waals surface area contributed by atoms with E-state index in [0.717, 1.165) is 26.8 Å². The van der Waals surface area contributed by atoms with Crippen LogP contribution in [0.4, 0.5) is 0 Å². The molecule has 0 radical (unpaired) electrons. The van der Waals surface area contributed by atoms with Crippen LogP contribution in [0.3, 0.4) is 0 Å². The van der Waals surface area contributed by atoms with Crippen LogP contribution in [0, 0.1) is 6.92 Å². The highest BCUT2D eigenvalue weighted by Crippen LogP contribution is 2.27. The Morgan fingerprint density at radius 1 is 1.36 bits per heavy atom. The molecular formula is C10H9BrO2S. The second-order valence-electron chi connectivity index (χ2n) is 2.84. The number of hydrogen-bond donors (Lipinski definition) is 0. The zero-order chi connectivity index (χ0) is 9.97. The molecule has 0 aliphatic heterocycles. The van der Waals surface area contributed by atoms with Crippen molar-refractivity contribution in [2.45, 2.75) is 17.6 Å². The van der Waals surface area contributed by atoms with Crippen molar-refractivity contribution < 1.29 is 8.83 Å². The molecule has 0 fully saturated rings. The van der Waals surface area contributed by atoms with Crippen molar-refractivity contribution in [3.05, 3.63) is 40.7 Å². The maximum absolute atomic E-state index is 5.39. The van der Waals surface area contributed by atoms with Crippen LogP contribution in [0.2, 0.25) is 0 Å². The lowest BCUT2D eigenvalue weighted by atomic mass is 10.5. The van der Waals surface area contributed by atoms with E-state index in [2.05, 4.69) is 15.9 Å². The fourth-order valence-electron chi connectivity index (χ4n) is 1.10. The quantitative estimate of drug-likeness (QED) is 0.782. The minimum atomic E-state index is 0.775. The van der Waals surface area contributed by atoms with Crippen molar-refractivity contribution in [2.75, 3.05) is 0 Å². The Morgan fingerprint density at radius 3 is 2.79 bits per heavy atom. The summed E-state index contributed by atoms with van der Waals surface area (Å²) in [6.45, 7) is 1.96. The fourth-order valence-corrected chi connectivity index (χ4v) is 2.30. The third kappa shape index (κ3) is 2.25. The zero-order valence-electron chi connectivity index (χ0n) is 7.62. The van der Waals surface area contributed by atoms with Gasteiger partial charge in [-0.3, -0.25) is 0 Å². The second-order valence-corrected chi connectivity index (χ2v) is 4.63. The van der Waals surface area contributed by atoms with Gasteiger partial charge >= 0.3 is 0 Å². The second kappa shape index (κ2) is 4.28. The Labute approximate surface area is 94.8 Å². The summed E-state index contributed by atoms with van der Waals surface area (Å²) in [6.07, 6.45) is 1.70. The van der Waals surface area contributed by atoms with Crippen LogP contribution < -0.4 is 0 Å². The Morgan fingerprint density at radius 2 is 2.21 bits per heavy atom. The van der Waals surface area contributed by atoms with Crippen molar-refractivity contribution in [3.63, 3.8) is 0 Å². The van der Waals surface area contributed by atoms with Crippen LogP contribution in [-0.4, -0.2) is 0 Å². The molecular weight excluding hydrogens is 264 g/mol. The molecule has 0 aliphatic rings. The van der Waals surface area contributed by atoms with Gasteiger partial charge in [0.2, 0.25) is 0 Å². The summed E-state index contributed by atoms with van der Waals surface area (Å²) in [5, 5.41) is 0. The Balaban J connectivity index is 1.98. The number of aryl methyl sites for hydroxylation is 1. The lowest BCUT2D eigenvalue weighted by molar-refractivity contribution is 0.506. The van der Waals surface area contributed by atoms with Crippen molar-refractivity contribution in [3.8, 4) is 0 Å². The Bertz CT molecular complexity index is 419. The van der Waals surface area contributed by atoms with E-state index in [1.54, 1.807) is 18.0 Å². The topological polar surface area (TPSA) is 26.3 Å². The molecule has 14 heavy (non-hydrogen) atoms. The highest BCUT2D eigenvalue weighted by Gasteiger charge is 2.04. The Hall–Kier alpha value is -0.610. The molecule has 2 nitrogen and oxygen atoms in total. The molecule has 0 amide bonds. The molecule has 2 aromatic rings. The van der Waals surface area contributed by atoms with Gasteiger partial charge in [-0.1, -0.05) is 0 Å². The van der Waals surface area contributed by atoms with Crippen LogP contribution in [0.1, 0.15) is 11.5 Å². The average molecular weight is 273 g/mol. The van der Waals surface area contributed by atoms with Gasteiger partial charge in [-0.25, -0.2) is 0 Å². The number of halogens is 1. The van der Waals surface area contributed by atoms with Gasteiger partial charge in [0.25, 0.3) is 0 Å². The van der Waals surface area contributed by atoms with Gasteiger partial charge in [-0.05, 0) is 41.1 Å². The summed E-state index contributed by atoms with van der Waals surface area (Å²) >= 11 is 4.98. The van der Waals surface area contributed by atoms with Gasteiger partial charge in [0.1, 0.15) is 11.5 Å². The van der Waals surface area contributed by atoms with Crippen LogP contribution in [-0.2, 0) is 5.75 Å². The first-order chi connectivity index (χ1) is 6.75. The normalized spacial score (nSPS) is 10.7. The monoisotopic (exact) mass is 272 g/mol. The molecule has 2 aromatic heterocycles. The van der Waals surface area contributed by atoms with E-state index in [9.17, 15) is 0 Å². The molecule has 0 aromatic carbocycles. The van der Waals surface area contributed by atoms with Crippen LogP contribution in [0.25, 0.3) is 0 Å². The van der Waals surface area contributed by atoms with Crippen LogP contribution >= 0.6 is 27.7 Å². The minimum absolute atomic E-state index is 0.775. The molecule has 74 valence electrons. The van der Waals surface area contributed by atoms with E-state index in [0.29, 0.717) is 0 Å².